The Morgan fingerprint density at radius 2 is 2.24 bits per heavy atom. The van der Waals surface area contributed by atoms with Gasteiger partial charge in [-0.25, -0.2) is 4.68 Å². The molecular formula is C11H13N5O. The normalized spacial score (nSPS) is 10.4. The Hall–Kier alpha value is -2.21. The largest absolute Gasteiger partial charge is 0.366 e. The number of primary amides is 1. The Morgan fingerprint density at radius 1 is 1.41 bits per heavy atom. The van der Waals surface area contributed by atoms with Crippen LogP contribution in [0.25, 0.3) is 0 Å². The number of amides is 1. The first-order chi connectivity index (χ1) is 8.19. The fourth-order valence-corrected chi connectivity index (χ4v) is 1.52. The lowest BCUT2D eigenvalue weighted by Crippen LogP contribution is -2.11. The number of hydrogen-bond acceptors (Lipinski definition) is 4. The first kappa shape index (κ1) is 11.3. The Bertz CT molecular complexity index is 534. The van der Waals surface area contributed by atoms with E-state index in [1.165, 1.54) is 0 Å². The highest BCUT2D eigenvalue weighted by atomic mass is 16.1. The van der Waals surface area contributed by atoms with Gasteiger partial charge in [-0.2, -0.15) is 0 Å². The van der Waals surface area contributed by atoms with E-state index in [1.807, 2.05) is 6.07 Å². The van der Waals surface area contributed by atoms with Crippen molar-refractivity contribution in [3.63, 3.8) is 0 Å². The predicted octanol–water partition coefficient (Wildman–Crippen LogP) is -0.116. The summed E-state index contributed by atoms with van der Waals surface area (Å²) in [6.45, 7) is 0.898. The van der Waals surface area contributed by atoms with Gasteiger partial charge in [-0.05, 0) is 17.7 Å². The summed E-state index contributed by atoms with van der Waals surface area (Å²) < 4.78 is 1.67. The predicted molar refractivity (Wildman–Crippen MR) is 62.0 cm³/mol. The summed E-state index contributed by atoms with van der Waals surface area (Å²) in [6, 6.07) is 7.11. The quantitative estimate of drug-likeness (QED) is 0.766. The van der Waals surface area contributed by atoms with Crippen molar-refractivity contribution in [3.8, 4) is 0 Å². The van der Waals surface area contributed by atoms with E-state index in [0.29, 0.717) is 18.7 Å². The maximum atomic E-state index is 11.0. The number of carbonyl (C=O) groups excluding carboxylic acids is 1. The van der Waals surface area contributed by atoms with Gasteiger partial charge in [-0.1, -0.05) is 17.3 Å². The first-order valence-corrected chi connectivity index (χ1v) is 5.17. The molecule has 2 rings (SSSR count). The summed E-state index contributed by atoms with van der Waals surface area (Å²) in [6.07, 6.45) is 1.77. The van der Waals surface area contributed by atoms with Gasteiger partial charge in [0.1, 0.15) is 0 Å². The molecule has 2 aromatic rings. The van der Waals surface area contributed by atoms with Gasteiger partial charge in [0.15, 0.2) is 0 Å². The molecule has 0 bridgehead atoms. The summed E-state index contributed by atoms with van der Waals surface area (Å²) in [5.74, 6) is -0.437. The standard InChI is InChI=1S/C11H13N5O/c12-5-10-7-16(15-14-10)6-8-2-1-3-9(4-8)11(13)17/h1-4,7H,5-6,12H2,(H2,13,17). The van der Waals surface area contributed by atoms with E-state index in [0.717, 1.165) is 11.3 Å². The SMILES string of the molecule is NCc1cn(Cc2cccc(C(N)=O)c2)nn1. The van der Waals surface area contributed by atoms with E-state index in [1.54, 1.807) is 29.1 Å². The van der Waals surface area contributed by atoms with Crippen molar-refractivity contribution in [1.82, 2.24) is 15.0 Å². The van der Waals surface area contributed by atoms with E-state index in [4.69, 9.17) is 11.5 Å². The van der Waals surface area contributed by atoms with Crippen LogP contribution in [-0.4, -0.2) is 20.9 Å². The van der Waals surface area contributed by atoms with Gasteiger partial charge in [-0.15, -0.1) is 5.10 Å². The number of nitrogens with zero attached hydrogens (tertiary/aromatic N) is 3. The van der Waals surface area contributed by atoms with Crippen molar-refractivity contribution in [1.29, 1.82) is 0 Å². The second-order valence-corrected chi connectivity index (χ2v) is 3.68. The topological polar surface area (TPSA) is 99.8 Å². The molecule has 17 heavy (non-hydrogen) atoms. The fraction of sp³-hybridized carbons (Fsp3) is 0.182. The zero-order valence-electron chi connectivity index (χ0n) is 9.21. The summed E-state index contributed by atoms with van der Waals surface area (Å²) in [4.78, 5) is 11.0. The van der Waals surface area contributed by atoms with Crippen molar-refractivity contribution in [2.24, 2.45) is 11.5 Å². The molecule has 0 fully saturated rings. The lowest BCUT2D eigenvalue weighted by Gasteiger charge is -2.02. The van der Waals surface area contributed by atoms with Crippen LogP contribution in [0.3, 0.4) is 0 Å². The van der Waals surface area contributed by atoms with Crippen LogP contribution in [-0.2, 0) is 13.1 Å². The second-order valence-electron chi connectivity index (χ2n) is 3.68. The molecule has 6 heteroatoms. The number of carbonyl (C=O) groups is 1. The smallest absolute Gasteiger partial charge is 0.248 e. The average molecular weight is 231 g/mol. The molecule has 0 atom stereocenters. The van der Waals surface area contributed by atoms with Crippen molar-refractivity contribution < 1.29 is 4.79 Å². The van der Waals surface area contributed by atoms with Crippen LogP contribution in [0, 0.1) is 0 Å². The molecule has 1 aromatic heterocycles. The Balaban J connectivity index is 2.18. The lowest BCUT2D eigenvalue weighted by atomic mass is 10.1. The van der Waals surface area contributed by atoms with Crippen molar-refractivity contribution in [2.75, 3.05) is 0 Å². The minimum atomic E-state index is -0.437. The molecule has 6 nitrogen and oxygen atoms in total. The molecule has 0 saturated heterocycles. The molecule has 4 N–H and O–H groups in total. The van der Waals surface area contributed by atoms with Gasteiger partial charge >= 0.3 is 0 Å². The maximum absolute atomic E-state index is 11.0. The van der Waals surface area contributed by atoms with Crippen LogP contribution < -0.4 is 11.5 Å². The molecule has 0 spiro atoms. The van der Waals surface area contributed by atoms with Crippen molar-refractivity contribution >= 4 is 5.91 Å². The molecule has 0 saturated carbocycles. The van der Waals surface area contributed by atoms with Crippen LogP contribution in [0.1, 0.15) is 21.6 Å². The molecule has 88 valence electrons. The maximum Gasteiger partial charge on any atom is 0.248 e. The number of rotatable bonds is 4. The Kier molecular flexibility index (Phi) is 3.15. The molecule has 1 heterocycles. The molecule has 1 amide bonds. The van der Waals surface area contributed by atoms with Crippen LogP contribution in [0.15, 0.2) is 30.5 Å². The molecule has 0 aliphatic heterocycles. The molecule has 0 aliphatic rings. The second kappa shape index (κ2) is 4.75. The van der Waals surface area contributed by atoms with Crippen LogP contribution in [0.4, 0.5) is 0 Å². The Labute approximate surface area is 98.2 Å². The van der Waals surface area contributed by atoms with E-state index < -0.39 is 5.91 Å². The van der Waals surface area contributed by atoms with Gasteiger partial charge < -0.3 is 11.5 Å². The average Bonchev–Trinajstić information content (AvgIpc) is 2.77. The van der Waals surface area contributed by atoms with Crippen LogP contribution in [0.2, 0.25) is 0 Å². The highest BCUT2D eigenvalue weighted by molar-refractivity contribution is 5.92. The van der Waals surface area contributed by atoms with Crippen LogP contribution >= 0.6 is 0 Å². The minimum absolute atomic E-state index is 0.362. The number of aromatic nitrogens is 3. The third-order valence-electron chi connectivity index (χ3n) is 2.35. The minimum Gasteiger partial charge on any atom is -0.366 e. The van der Waals surface area contributed by atoms with Crippen molar-refractivity contribution in [3.05, 3.63) is 47.3 Å². The third kappa shape index (κ3) is 2.67. The molecule has 0 radical (unpaired) electrons. The highest BCUT2D eigenvalue weighted by Crippen LogP contribution is 2.06. The van der Waals surface area contributed by atoms with Gasteiger partial charge in [0.2, 0.25) is 5.91 Å². The van der Waals surface area contributed by atoms with Gasteiger partial charge in [-0.3, -0.25) is 4.79 Å². The van der Waals surface area contributed by atoms with E-state index in [2.05, 4.69) is 10.3 Å². The van der Waals surface area contributed by atoms with Gasteiger partial charge in [0, 0.05) is 12.1 Å². The zero-order chi connectivity index (χ0) is 12.3. The molecule has 0 aliphatic carbocycles. The summed E-state index contributed by atoms with van der Waals surface area (Å²) >= 11 is 0. The zero-order valence-corrected chi connectivity index (χ0v) is 9.21. The highest BCUT2D eigenvalue weighted by Gasteiger charge is 2.03. The monoisotopic (exact) mass is 231 g/mol. The summed E-state index contributed by atoms with van der Waals surface area (Å²) in [5, 5.41) is 7.81. The number of hydrogen-bond donors (Lipinski definition) is 2. The summed E-state index contributed by atoms with van der Waals surface area (Å²) in [5.41, 5.74) is 12.8. The van der Waals surface area contributed by atoms with Crippen molar-refractivity contribution in [2.45, 2.75) is 13.1 Å². The molecule has 1 aromatic carbocycles. The fourth-order valence-electron chi connectivity index (χ4n) is 1.52. The van der Waals surface area contributed by atoms with Crippen LogP contribution in [0.5, 0.6) is 0 Å². The van der Waals surface area contributed by atoms with Gasteiger partial charge in [0.25, 0.3) is 0 Å². The molecule has 0 unspecified atom stereocenters. The van der Waals surface area contributed by atoms with E-state index >= 15 is 0 Å². The molecular weight excluding hydrogens is 218 g/mol. The van der Waals surface area contributed by atoms with E-state index in [-0.39, 0.29) is 0 Å². The van der Waals surface area contributed by atoms with E-state index in [9.17, 15) is 4.79 Å². The Morgan fingerprint density at radius 3 is 2.88 bits per heavy atom. The lowest BCUT2D eigenvalue weighted by molar-refractivity contribution is 0.1000. The first-order valence-electron chi connectivity index (χ1n) is 5.17. The number of nitrogens with two attached hydrogens (primary N) is 2. The summed E-state index contributed by atoms with van der Waals surface area (Å²) in [7, 11) is 0. The third-order valence-corrected chi connectivity index (χ3v) is 2.35. The number of benzene rings is 1. The van der Waals surface area contributed by atoms with Gasteiger partial charge in [0.05, 0.1) is 18.4 Å².